The van der Waals surface area contributed by atoms with Crippen molar-refractivity contribution in [2.45, 2.75) is 0 Å². The first-order chi connectivity index (χ1) is 5.24. The SMILES string of the molecule is CO[Si](/C=C/CBr)(OC)OC. The molecule has 0 atom stereocenters. The van der Waals surface area contributed by atoms with Crippen LogP contribution in [-0.2, 0) is 13.3 Å². The minimum atomic E-state index is -2.45. The Labute approximate surface area is 76.8 Å². The highest BCUT2D eigenvalue weighted by Crippen LogP contribution is 2.07. The van der Waals surface area contributed by atoms with Crippen LogP contribution in [0, 0.1) is 0 Å². The summed E-state index contributed by atoms with van der Waals surface area (Å²) in [6.45, 7) is 0. The van der Waals surface area contributed by atoms with E-state index >= 15 is 0 Å². The molecule has 11 heavy (non-hydrogen) atoms. The van der Waals surface area contributed by atoms with E-state index in [4.69, 9.17) is 13.3 Å². The number of halogens is 1. The third-order valence-electron chi connectivity index (χ3n) is 1.26. The summed E-state index contributed by atoms with van der Waals surface area (Å²) in [5.41, 5.74) is 1.84. The van der Waals surface area contributed by atoms with Gasteiger partial charge in [-0.25, -0.2) is 0 Å². The Bertz CT molecular complexity index is 117. The van der Waals surface area contributed by atoms with Crippen LogP contribution in [0.2, 0.25) is 0 Å². The van der Waals surface area contributed by atoms with Crippen LogP contribution in [0.4, 0.5) is 0 Å². The molecule has 0 aliphatic heterocycles. The van der Waals surface area contributed by atoms with E-state index < -0.39 is 8.80 Å². The van der Waals surface area contributed by atoms with Crippen LogP contribution in [0.3, 0.4) is 0 Å². The minimum Gasteiger partial charge on any atom is -0.374 e. The normalized spacial score (nSPS) is 12.7. The molecule has 0 N–H and O–H groups in total. The molecule has 0 radical (unpaired) electrons. The second kappa shape index (κ2) is 5.90. The van der Waals surface area contributed by atoms with Gasteiger partial charge < -0.3 is 13.3 Å². The fourth-order valence-corrected chi connectivity index (χ4v) is 2.49. The third kappa shape index (κ3) is 3.48. The second-order valence-corrected chi connectivity index (χ2v) is 5.19. The molecule has 3 nitrogen and oxygen atoms in total. The van der Waals surface area contributed by atoms with E-state index in [9.17, 15) is 0 Å². The van der Waals surface area contributed by atoms with E-state index in [-0.39, 0.29) is 0 Å². The van der Waals surface area contributed by atoms with Gasteiger partial charge >= 0.3 is 8.80 Å². The topological polar surface area (TPSA) is 27.7 Å². The molecule has 0 spiro atoms. The zero-order valence-electron chi connectivity index (χ0n) is 6.96. The molecule has 0 saturated carbocycles. The van der Waals surface area contributed by atoms with Crippen LogP contribution < -0.4 is 0 Å². The van der Waals surface area contributed by atoms with Crippen LogP contribution in [-0.4, -0.2) is 35.5 Å². The molecule has 0 aromatic heterocycles. The molecule has 0 aliphatic carbocycles. The highest BCUT2D eigenvalue weighted by atomic mass is 79.9. The molecule has 66 valence electrons. The van der Waals surface area contributed by atoms with E-state index in [1.165, 1.54) is 0 Å². The number of hydrogen-bond acceptors (Lipinski definition) is 3. The molecule has 0 fully saturated rings. The summed E-state index contributed by atoms with van der Waals surface area (Å²) >= 11 is 3.26. The van der Waals surface area contributed by atoms with Crippen molar-refractivity contribution >= 4 is 24.7 Å². The zero-order chi connectivity index (χ0) is 8.74. The fraction of sp³-hybridized carbons (Fsp3) is 0.667. The fourth-order valence-electron chi connectivity index (χ4n) is 0.643. The van der Waals surface area contributed by atoms with Crippen LogP contribution in [0.1, 0.15) is 0 Å². The van der Waals surface area contributed by atoms with E-state index in [1.54, 1.807) is 21.3 Å². The molecule has 0 unspecified atom stereocenters. The molecule has 0 saturated heterocycles. The van der Waals surface area contributed by atoms with Gasteiger partial charge in [0, 0.05) is 26.7 Å². The van der Waals surface area contributed by atoms with Crippen LogP contribution >= 0.6 is 15.9 Å². The Balaban J connectivity index is 4.16. The first-order valence-corrected chi connectivity index (χ1v) is 6.06. The molecule has 0 aromatic rings. The summed E-state index contributed by atoms with van der Waals surface area (Å²) in [4.78, 5) is 0. The molecule has 0 heterocycles. The maximum atomic E-state index is 5.13. The van der Waals surface area contributed by atoms with Gasteiger partial charge in [0.25, 0.3) is 0 Å². The van der Waals surface area contributed by atoms with E-state index in [1.807, 2.05) is 11.8 Å². The number of allylic oxidation sites excluding steroid dienone is 1. The van der Waals surface area contributed by atoms with Crippen molar-refractivity contribution < 1.29 is 13.3 Å². The lowest BCUT2D eigenvalue weighted by molar-refractivity contribution is 0.138. The summed E-state index contributed by atoms with van der Waals surface area (Å²) in [7, 11) is 2.29. The molecule has 0 aromatic carbocycles. The third-order valence-corrected chi connectivity index (χ3v) is 3.99. The molecule has 0 aliphatic rings. The number of alkyl halides is 1. The van der Waals surface area contributed by atoms with Crippen molar-refractivity contribution in [1.82, 2.24) is 0 Å². The average molecular weight is 241 g/mol. The lowest BCUT2D eigenvalue weighted by Crippen LogP contribution is -2.40. The molecule has 0 amide bonds. The van der Waals surface area contributed by atoms with Gasteiger partial charge in [-0.05, 0) is 5.70 Å². The maximum absolute atomic E-state index is 5.13. The van der Waals surface area contributed by atoms with Gasteiger partial charge in [0.1, 0.15) is 0 Å². The lowest BCUT2D eigenvalue weighted by atomic mass is 10.8. The minimum absolute atomic E-state index is 0.776. The van der Waals surface area contributed by atoms with E-state index in [0.717, 1.165) is 5.33 Å². The van der Waals surface area contributed by atoms with Crippen molar-refractivity contribution in [3.63, 3.8) is 0 Å². The van der Waals surface area contributed by atoms with Gasteiger partial charge in [-0.3, -0.25) is 0 Å². The van der Waals surface area contributed by atoms with Gasteiger partial charge in [-0.15, -0.1) is 0 Å². The van der Waals surface area contributed by atoms with Gasteiger partial charge in [0.05, 0.1) is 0 Å². The molecular formula is C6H13BrO3Si. The lowest BCUT2D eigenvalue weighted by Gasteiger charge is -2.19. The van der Waals surface area contributed by atoms with Crippen LogP contribution in [0.15, 0.2) is 11.8 Å². The Morgan fingerprint density at radius 1 is 1.18 bits per heavy atom. The summed E-state index contributed by atoms with van der Waals surface area (Å²) < 4.78 is 15.4. The zero-order valence-corrected chi connectivity index (χ0v) is 9.55. The average Bonchev–Trinajstić information content (AvgIpc) is 2.08. The number of rotatable bonds is 5. The predicted octanol–water partition coefficient (Wildman–Crippen LogP) is 1.35. The Kier molecular flexibility index (Phi) is 6.07. The monoisotopic (exact) mass is 240 g/mol. The molecule has 0 bridgehead atoms. The Morgan fingerprint density at radius 3 is 1.91 bits per heavy atom. The number of hydrogen-bond donors (Lipinski definition) is 0. The highest BCUT2D eigenvalue weighted by Gasteiger charge is 2.33. The van der Waals surface area contributed by atoms with Crippen LogP contribution in [0.5, 0.6) is 0 Å². The standard InChI is InChI=1S/C6H13BrO3Si/c1-8-11(9-2,10-3)6-4-5-7/h4,6H,5H2,1-3H3/b6-4+. The van der Waals surface area contributed by atoms with Gasteiger partial charge in [0.15, 0.2) is 0 Å². The van der Waals surface area contributed by atoms with Crippen molar-refractivity contribution in [3.8, 4) is 0 Å². The second-order valence-electron chi connectivity index (χ2n) is 1.77. The quantitative estimate of drug-likeness (QED) is 0.537. The van der Waals surface area contributed by atoms with Crippen molar-refractivity contribution in [1.29, 1.82) is 0 Å². The van der Waals surface area contributed by atoms with Gasteiger partial charge in [-0.1, -0.05) is 22.0 Å². The first-order valence-electron chi connectivity index (χ1n) is 3.13. The van der Waals surface area contributed by atoms with Gasteiger partial charge in [0.2, 0.25) is 0 Å². The smallest absolute Gasteiger partial charge is 0.374 e. The first kappa shape index (κ1) is 11.3. The molecular weight excluding hydrogens is 228 g/mol. The van der Waals surface area contributed by atoms with Crippen molar-refractivity contribution in [3.05, 3.63) is 11.8 Å². The summed E-state index contributed by atoms with van der Waals surface area (Å²) in [6, 6.07) is 0. The maximum Gasteiger partial charge on any atom is 0.528 e. The Morgan fingerprint density at radius 2 is 1.64 bits per heavy atom. The molecule has 5 heteroatoms. The van der Waals surface area contributed by atoms with Crippen molar-refractivity contribution in [2.24, 2.45) is 0 Å². The van der Waals surface area contributed by atoms with E-state index in [2.05, 4.69) is 15.9 Å². The molecule has 0 rings (SSSR count). The van der Waals surface area contributed by atoms with Crippen molar-refractivity contribution in [2.75, 3.05) is 26.7 Å². The van der Waals surface area contributed by atoms with E-state index in [0.29, 0.717) is 0 Å². The van der Waals surface area contributed by atoms with Gasteiger partial charge in [-0.2, -0.15) is 0 Å². The summed E-state index contributed by atoms with van der Waals surface area (Å²) in [5.74, 6) is 0. The summed E-state index contributed by atoms with van der Waals surface area (Å²) in [6.07, 6.45) is 1.91. The highest BCUT2D eigenvalue weighted by molar-refractivity contribution is 9.09. The van der Waals surface area contributed by atoms with Crippen LogP contribution in [0.25, 0.3) is 0 Å². The summed E-state index contributed by atoms with van der Waals surface area (Å²) in [5, 5.41) is 0.776. The largest absolute Gasteiger partial charge is 0.528 e. The Hall–Kier alpha value is 0.317. The predicted molar refractivity (Wildman–Crippen MR) is 49.7 cm³/mol.